The Bertz CT molecular complexity index is 270. The van der Waals surface area contributed by atoms with Crippen molar-refractivity contribution in [3.8, 4) is 0 Å². The number of rotatable bonds is 4. The number of nitrogens with zero attached hydrogens (tertiary/aromatic N) is 1. The molecule has 1 heterocycles. The van der Waals surface area contributed by atoms with Gasteiger partial charge in [-0.15, -0.1) is 0 Å². The molecule has 1 aromatic heterocycles. The molecule has 0 atom stereocenters. The molecule has 0 radical (unpaired) electrons. The van der Waals surface area contributed by atoms with Crippen LogP contribution in [0.2, 0.25) is 0 Å². The molecule has 0 saturated heterocycles. The van der Waals surface area contributed by atoms with E-state index >= 15 is 0 Å². The molecule has 3 nitrogen and oxygen atoms in total. The molecule has 2 rings (SSSR count). The lowest BCUT2D eigenvalue weighted by Crippen LogP contribution is -2.35. The van der Waals surface area contributed by atoms with Crippen LogP contribution in [0.3, 0.4) is 0 Å². The molecule has 0 aliphatic heterocycles. The zero-order valence-electron chi connectivity index (χ0n) is 8.19. The summed E-state index contributed by atoms with van der Waals surface area (Å²) >= 11 is 0. The van der Waals surface area contributed by atoms with Crippen molar-refractivity contribution in [3.05, 3.63) is 30.1 Å². The minimum Gasteiger partial charge on any atom is -0.393 e. The minimum atomic E-state index is -0.0415. The molecule has 3 heteroatoms. The minimum absolute atomic E-state index is 0.0415. The van der Waals surface area contributed by atoms with Crippen molar-refractivity contribution in [1.82, 2.24) is 10.3 Å². The number of pyridine rings is 1. The van der Waals surface area contributed by atoms with E-state index in [-0.39, 0.29) is 6.10 Å². The topological polar surface area (TPSA) is 45.1 Å². The van der Waals surface area contributed by atoms with Crippen molar-refractivity contribution in [2.45, 2.75) is 25.5 Å². The summed E-state index contributed by atoms with van der Waals surface area (Å²) in [6.45, 7) is 1.88. The number of hydrogen-bond acceptors (Lipinski definition) is 3. The van der Waals surface area contributed by atoms with Gasteiger partial charge >= 0.3 is 0 Å². The molecule has 1 aliphatic rings. The third-order valence-electron chi connectivity index (χ3n) is 2.70. The number of hydrogen-bond donors (Lipinski definition) is 2. The van der Waals surface area contributed by atoms with Gasteiger partial charge in [0.05, 0.1) is 6.10 Å². The van der Waals surface area contributed by atoms with E-state index in [4.69, 9.17) is 5.11 Å². The molecule has 0 spiro atoms. The lowest BCUT2D eigenvalue weighted by Gasteiger charge is -2.31. The van der Waals surface area contributed by atoms with E-state index in [1.54, 1.807) is 6.20 Å². The third-order valence-corrected chi connectivity index (χ3v) is 2.70. The SMILES string of the molecule is OC1CC(CNCc2cccnc2)C1. The van der Waals surface area contributed by atoms with Crippen molar-refractivity contribution in [3.63, 3.8) is 0 Å². The van der Waals surface area contributed by atoms with Gasteiger partial charge in [-0.3, -0.25) is 4.98 Å². The molecule has 2 N–H and O–H groups in total. The van der Waals surface area contributed by atoms with E-state index in [0.717, 1.165) is 25.9 Å². The van der Waals surface area contributed by atoms with Gasteiger partial charge in [0.15, 0.2) is 0 Å². The summed E-state index contributed by atoms with van der Waals surface area (Å²) in [4.78, 5) is 4.05. The molecule has 0 unspecified atom stereocenters. The molecule has 0 amide bonds. The summed E-state index contributed by atoms with van der Waals surface area (Å²) in [5, 5.41) is 12.5. The molecule has 1 fully saturated rings. The van der Waals surface area contributed by atoms with E-state index in [1.165, 1.54) is 5.56 Å². The Labute approximate surface area is 84.2 Å². The predicted octanol–water partition coefficient (Wildman–Crippen LogP) is 0.942. The van der Waals surface area contributed by atoms with Crippen LogP contribution in [0.15, 0.2) is 24.5 Å². The zero-order valence-corrected chi connectivity index (χ0v) is 8.19. The van der Waals surface area contributed by atoms with Gasteiger partial charge in [0.2, 0.25) is 0 Å². The van der Waals surface area contributed by atoms with E-state index in [1.807, 2.05) is 12.3 Å². The summed E-state index contributed by atoms with van der Waals surface area (Å²) in [6, 6.07) is 4.01. The van der Waals surface area contributed by atoms with Crippen LogP contribution in [0.25, 0.3) is 0 Å². The fourth-order valence-electron chi connectivity index (χ4n) is 1.79. The third kappa shape index (κ3) is 2.53. The Hall–Kier alpha value is -0.930. The lowest BCUT2D eigenvalue weighted by atomic mass is 9.82. The highest BCUT2D eigenvalue weighted by atomic mass is 16.3. The van der Waals surface area contributed by atoms with Crippen molar-refractivity contribution in [1.29, 1.82) is 0 Å². The summed E-state index contributed by atoms with van der Waals surface area (Å²) in [7, 11) is 0. The van der Waals surface area contributed by atoms with Crippen LogP contribution in [-0.4, -0.2) is 22.7 Å². The van der Waals surface area contributed by atoms with E-state index in [9.17, 15) is 0 Å². The molecule has 1 saturated carbocycles. The molecular weight excluding hydrogens is 176 g/mol. The second-order valence-corrected chi connectivity index (χ2v) is 3.98. The average Bonchev–Trinajstić information content (AvgIpc) is 2.17. The summed E-state index contributed by atoms with van der Waals surface area (Å²) in [6.07, 6.45) is 5.54. The maximum absolute atomic E-state index is 9.10. The Morgan fingerprint density at radius 3 is 3.00 bits per heavy atom. The molecule has 76 valence electrons. The van der Waals surface area contributed by atoms with Gasteiger partial charge in [-0.1, -0.05) is 6.07 Å². The monoisotopic (exact) mass is 192 g/mol. The van der Waals surface area contributed by atoms with E-state index < -0.39 is 0 Å². The first kappa shape index (κ1) is 9.62. The first-order valence-electron chi connectivity index (χ1n) is 5.12. The highest BCUT2D eigenvalue weighted by Gasteiger charge is 2.26. The summed E-state index contributed by atoms with van der Waals surface area (Å²) < 4.78 is 0. The molecule has 1 aromatic rings. The quantitative estimate of drug-likeness (QED) is 0.746. The number of aliphatic hydroxyl groups excluding tert-OH is 1. The van der Waals surface area contributed by atoms with Crippen molar-refractivity contribution < 1.29 is 5.11 Å². The smallest absolute Gasteiger partial charge is 0.0546 e. The van der Waals surface area contributed by atoms with Crippen LogP contribution in [0.1, 0.15) is 18.4 Å². The largest absolute Gasteiger partial charge is 0.393 e. The fourth-order valence-corrected chi connectivity index (χ4v) is 1.79. The van der Waals surface area contributed by atoms with E-state index in [0.29, 0.717) is 5.92 Å². The second-order valence-electron chi connectivity index (χ2n) is 3.98. The van der Waals surface area contributed by atoms with Gasteiger partial charge in [-0.05, 0) is 36.9 Å². The normalized spacial score (nSPS) is 25.8. The van der Waals surface area contributed by atoms with Gasteiger partial charge < -0.3 is 10.4 Å². The second kappa shape index (κ2) is 4.53. The Morgan fingerprint density at radius 2 is 2.36 bits per heavy atom. The van der Waals surface area contributed by atoms with Gasteiger partial charge in [0.1, 0.15) is 0 Å². The highest BCUT2D eigenvalue weighted by Crippen LogP contribution is 2.26. The van der Waals surface area contributed by atoms with Gasteiger partial charge in [0.25, 0.3) is 0 Å². The van der Waals surface area contributed by atoms with Crippen LogP contribution in [0.4, 0.5) is 0 Å². The molecule has 1 aliphatic carbocycles. The Balaban J connectivity index is 1.64. The Kier molecular flexibility index (Phi) is 3.11. The predicted molar refractivity (Wildman–Crippen MR) is 54.7 cm³/mol. The van der Waals surface area contributed by atoms with Crippen LogP contribution < -0.4 is 5.32 Å². The number of aliphatic hydroxyl groups is 1. The van der Waals surface area contributed by atoms with Gasteiger partial charge in [-0.25, -0.2) is 0 Å². The van der Waals surface area contributed by atoms with Crippen molar-refractivity contribution in [2.24, 2.45) is 5.92 Å². The van der Waals surface area contributed by atoms with Crippen LogP contribution in [0.5, 0.6) is 0 Å². The van der Waals surface area contributed by atoms with Crippen LogP contribution >= 0.6 is 0 Å². The van der Waals surface area contributed by atoms with Gasteiger partial charge in [0, 0.05) is 18.9 Å². The first-order valence-corrected chi connectivity index (χ1v) is 5.12. The lowest BCUT2D eigenvalue weighted by molar-refractivity contribution is 0.0430. The van der Waals surface area contributed by atoms with Crippen molar-refractivity contribution in [2.75, 3.05) is 6.54 Å². The highest BCUT2D eigenvalue weighted by molar-refractivity contribution is 5.07. The van der Waals surface area contributed by atoms with Crippen molar-refractivity contribution >= 4 is 0 Å². The molecular formula is C11H16N2O. The maximum Gasteiger partial charge on any atom is 0.0546 e. The number of aromatic nitrogens is 1. The van der Waals surface area contributed by atoms with Crippen LogP contribution in [0, 0.1) is 5.92 Å². The molecule has 0 bridgehead atoms. The van der Waals surface area contributed by atoms with Gasteiger partial charge in [-0.2, -0.15) is 0 Å². The Morgan fingerprint density at radius 1 is 1.50 bits per heavy atom. The zero-order chi connectivity index (χ0) is 9.80. The van der Waals surface area contributed by atoms with Crippen LogP contribution in [-0.2, 0) is 6.54 Å². The fraction of sp³-hybridized carbons (Fsp3) is 0.545. The molecule has 0 aromatic carbocycles. The summed E-state index contributed by atoms with van der Waals surface area (Å²) in [5.41, 5.74) is 1.22. The average molecular weight is 192 g/mol. The standard InChI is InChI=1S/C11H16N2O/c14-11-4-10(5-11)8-13-7-9-2-1-3-12-6-9/h1-3,6,10-11,13-14H,4-5,7-8H2. The summed E-state index contributed by atoms with van der Waals surface area (Å²) in [5.74, 6) is 0.668. The van der Waals surface area contributed by atoms with E-state index in [2.05, 4.69) is 16.4 Å². The first-order chi connectivity index (χ1) is 6.84. The molecule has 14 heavy (non-hydrogen) atoms. The number of nitrogens with one attached hydrogen (secondary N) is 1. The maximum atomic E-state index is 9.10.